The number of fused-ring (bicyclic) bond motifs is 2. The minimum atomic E-state index is -1.05. The minimum absolute atomic E-state index is 0.160. The van der Waals surface area contributed by atoms with Crippen molar-refractivity contribution in [3.63, 3.8) is 0 Å². The Kier molecular flexibility index (Phi) is 8.24. The molecule has 8 nitrogen and oxygen atoms in total. The van der Waals surface area contributed by atoms with Crippen molar-refractivity contribution < 1.29 is 24.2 Å². The summed E-state index contributed by atoms with van der Waals surface area (Å²) < 4.78 is 3.82. The van der Waals surface area contributed by atoms with Crippen LogP contribution in [0.5, 0.6) is 5.75 Å². The van der Waals surface area contributed by atoms with Crippen LogP contribution in [0.1, 0.15) is 36.6 Å². The first-order valence-corrected chi connectivity index (χ1v) is 17.4. The number of amides is 3. The molecule has 4 heterocycles. The first-order valence-electron chi connectivity index (χ1n) is 16.6. The van der Waals surface area contributed by atoms with E-state index in [1.165, 1.54) is 0 Å². The molecule has 1 N–H and O–H groups in total. The molecule has 0 aliphatic carbocycles. The molecule has 2 fully saturated rings. The van der Waals surface area contributed by atoms with Gasteiger partial charge in [-0.2, -0.15) is 0 Å². The fourth-order valence-corrected chi connectivity index (χ4v) is 10.3. The lowest BCUT2D eigenvalue weighted by atomic mass is 9.74. The molecule has 1 unspecified atom stereocenters. The van der Waals surface area contributed by atoms with Gasteiger partial charge in [-0.25, -0.2) is 0 Å². The van der Waals surface area contributed by atoms with Crippen LogP contribution in [0.15, 0.2) is 97.1 Å². The van der Waals surface area contributed by atoms with E-state index in [0.717, 1.165) is 28.1 Å². The molecular weight excluding hydrogens is 623 g/mol. The lowest BCUT2D eigenvalue weighted by molar-refractivity contribution is -0.142. The van der Waals surface area contributed by atoms with Crippen molar-refractivity contribution in [1.82, 2.24) is 4.90 Å². The van der Waals surface area contributed by atoms with Crippen molar-refractivity contribution in [1.29, 1.82) is 0 Å². The number of anilines is 2. The maximum atomic E-state index is 15.1. The van der Waals surface area contributed by atoms with Crippen LogP contribution in [-0.4, -0.2) is 69.6 Å². The average Bonchev–Trinajstić information content (AvgIpc) is 3.35. The van der Waals surface area contributed by atoms with Gasteiger partial charge in [0.15, 0.2) is 0 Å². The number of carbonyl (C=O) groups excluding carboxylic acids is 3. The van der Waals surface area contributed by atoms with Crippen LogP contribution >= 0.6 is 11.8 Å². The number of aliphatic hydroxyl groups is 1. The zero-order valence-electron chi connectivity index (χ0n) is 27.7. The third kappa shape index (κ3) is 4.98. The molecule has 1 spiro atoms. The van der Waals surface area contributed by atoms with Crippen molar-refractivity contribution in [2.45, 2.75) is 49.3 Å². The molecule has 0 aromatic heterocycles. The Morgan fingerprint density at radius 2 is 1.58 bits per heavy atom. The molecule has 7 rings (SSSR count). The number of nitrogens with zero attached hydrogens (tertiary/aromatic N) is 3. The molecule has 0 radical (unpaired) electrons. The molecule has 9 heteroatoms. The first-order chi connectivity index (χ1) is 23.1. The number of likely N-dealkylation sites (tertiary alicyclic amines) is 1. The topological polar surface area (TPSA) is 90.4 Å². The van der Waals surface area contributed by atoms with Gasteiger partial charge in [-0.3, -0.25) is 14.4 Å². The maximum absolute atomic E-state index is 15.1. The molecule has 0 saturated carbocycles. The minimum Gasteiger partial charge on any atom is -0.494 e. The molecule has 6 atom stereocenters. The molecule has 2 saturated heterocycles. The predicted molar refractivity (Wildman–Crippen MR) is 189 cm³/mol. The molecule has 4 aliphatic heterocycles. The van der Waals surface area contributed by atoms with Gasteiger partial charge in [0.05, 0.1) is 35.8 Å². The fraction of sp³-hybridized carbons (Fsp3) is 0.359. The van der Waals surface area contributed by atoms with Crippen LogP contribution in [0.25, 0.3) is 0 Å². The second-order valence-corrected chi connectivity index (χ2v) is 15.1. The number of rotatable bonds is 7. The van der Waals surface area contributed by atoms with E-state index in [-0.39, 0.29) is 24.3 Å². The highest BCUT2D eigenvalue weighted by Gasteiger charge is 2.74. The van der Waals surface area contributed by atoms with Crippen LogP contribution in [0.3, 0.4) is 0 Å². The Hall–Kier alpha value is -4.34. The van der Waals surface area contributed by atoms with Gasteiger partial charge in [0.25, 0.3) is 5.91 Å². The van der Waals surface area contributed by atoms with E-state index in [9.17, 15) is 9.90 Å². The van der Waals surface area contributed by atoms with Crippen LogP contribution in [-0.2, 0) is 14.4 Å². The van der Waals surface area contributed by atoms with Crippen molar-refractivity contribution in [3.05, 3.63) is 114 Å². The van der Waals surface area contributed by atoms with Crippen molar-refractivity contribution >= 4 is 40.9 Å². The number of benzene rings is 3. The summed E-state index contributed by atoms with van der Waals surface area (Å²) in [7, 11) is 0. The largest absolute Gasteiger partial charge is 0.494 e. The Balaban J connectivity index is 1.37. The van der Waals surface area contributed by atoms with E-state index in [1.807, 2.05) is 119 Å². The number of hydrogen-bond acceptors (Lipinski definition) is 6. The predicted octanol–water partition coefficient (Wildman–Crippen LogP) is 5.63. The van der Waals surface area contributed by atoms with E-state index in [2.05, 4.69) is 6.08 Å². The summed E-state index contributed by atoms with van der Waals surface area (Å²) in [6.07, 6.45) is 8.07. The van der Waals surface area contributed by atoms with Gasteiger partial charge in [-0.1, -0.05) is 66.8 Å². The summed E-state index contributed by atoms with van der Waals surface area (Å²) in [6, 6.07) is 21.1. The fourth-order valence-electron chi connectivity index (χ4n) is 8.17. The molecule has 3 aromatic carbocycles. The highest BCUT2D eigenvalue weighted by molar-refractivity contribution is 8.02. The van der Waals surface area contributed by atoms with Crippen LogP contribution in [0.4, 0.5) is 11.4 Å². The van der Waals surface area contributed by atoms with E-state index in [1.54, 1.807) is 26.5 Å². The number of ether oxygens (including phenoxy) is 1. The molecular formula is C39H41N3O5S. The van der Waals surface area contributed by atoms with Crippen LogP contribution in [0.2, 0.25) is 0 Å². The van der Waals surface area contributed by atoms with E-state index >= 15 is 9.59 Å². The smallest absolute Gasteiger partial charge is 0.251 e. The van der Waals surface area contributed by atoms with Gasteiger partial charge >= 0.3 is 0 Å². The number of carbonyl (C=O) groups is 3. The summed E-state index contributed by atoms with van der Waals surface area (Å²) in [4.78, 5) is 50.2. The molecule has 48 heavy (non-hydrogen) atoms. The normalized spacial score (nSPS) is 28.6. The Morgan fingerprint density at radius 1 is 0.875 bits per heavy atom. The van der Waals surface area contributed by atoms with Gasteiger partial charge in [-0.15, -0.1) is 11.8 Å². The molecule has 3 amide bonds. The highest BCUT2D eigenvalue weighted by Crippen LogP contribution is 2.66. The Labute approximate surface area is 286 Å². The molecule has 4 aliphatic rings. The van der Waals surface area contributed by atoms with Crippen molar-refractivity contribution in [2.24, 2.45) is 11.8 Å². The second kappa shape index (κ2) is 12.3. The van der Waals surface area contributed by atoms with Crippen LogP contribution in [0, 0.1) is 25.7 Å². The first kappa shape index (κ1) is 32.2. The number of aliphatic hydroxyl groups excluding tert-OH is 1. The quantitative estimate of drug-likeness (QED) is 0.330. The SMILES string of the molecule is CCOc1ccc(N2CC=C[C@]3(C)S[C@]45C=CCN(c6cc(C)ccc6C)C(=O)C4N([C@H](CO)c4ccccc4)C(=O)[C@@H]5[C@@H]3C2=O)cc1. The summed E-state index contributed by atoms with van der Waals surface area (Å²) in [6.45, 7) is 8.78. The lowest BCUT2D eigenvalue weighted by Crippen LogP contribution is -2.54. The Morgan fingerprint density at radius 3 is 2.29 bits per heavy atom. The van der Waals surface area contributed by atoms with Crippen molar-refractivity contribution in [2.75, 3.05) is 36.1 Å². The van der Waals surface area contributed by atoms with E-state index in [0.29, 0.717) is 25.4 Å². The van der Waals surface area contributed by atoms with Gasteiger partial charge in [-0.05, 0) is 74.7 Å². The second-order valence-electron chi connectivity index (χ2n) is 13.3. The molecule has 248 valence electrons. The van der Waals surface area contributed by atoms with E-state index < -0.39 is 33.4 Å². The van der Waals surface area contributed by atoms with Crippen molar-refractivity contribution in [3.8, 4) is 5.75 Å². The zero-order valence-corrected chi connectivity index (χ0v) is 28.5. The van der Waals surface area contributed by atoms with Crippen LogP contribution < -0.4 is 14.5 Å². The summed E-state index contributed by atoms with van der Waals surface area (Å²) >= 11 is 1.54. The summed E-state index contributed by atoms with van der Waals surface area (Å²) in [5.74, 6) is -1.55. The standard InChI is InChI=1S/C39H41N3O5S/c1-5-47-29-17-15-28(16-18-29)40-21-9-19-38(4)32(35(40)44)33-36(45)42(31(24-43)27-11-7-6-8-12-27)34-37(46)41(22-10-20-39(33,34)48-38)30-23-25(2)13-14-26(30)3/h6-20,23,31-34,43H,5,21-22,24H2,1-4H3/t31-,32-,33+,34?,38+,39+/m1/s1. The third-order valence-electron chi connectivity index (χ3n) is 10.3. The lowest BCUT2D eigenvalue weighted by Gasteiger charge is -2.40. The molecule has 3 aromatic rings. The number of thioether (sulfide) groups is 1. The molecule has 0 bridgehead atoms. The van der Waals surface area contributed by atoms with Gasteiger partial charge in [0.2, 0.25) is 11.8 Å². The van der Waals surface area contributed by atoms with Gasteiger partial charge in [0.1, 0.15) is 11.8 Å². The third-order valence-corrected chi connectivity index (χ3v) is 12.1. The number of aryl methyl sites for hydroxylation is 2. The van der Waals surface area contributed by atoms with E-state index in [4.69, 9.17) is 4.74 Å². The summed E-state index contributed by atoms with van der Waals surface area (Å²) in [5, 5.41) is 10.9. The van der Waals surface area contributed by atoms with Gasteiger partial charge in [0, 0.05) is 29.2 Å². The number of hydrogen-bond donors (Lipinski definition) is 1. The maximum Gasteiger partial charge on any atom is 0.251 e. The highest BCUT2D eigenvalue weighted by atomic mass is 32.2. The average molecular weight is 664 g/mol. The Bertz CT molecular complexity index is 1810. The monoisotopic (exact) mass is 663 g/mol. The van der Waals surface area contributed by atoms with Gasteiger partial charge < -0.3 is 24.5 Å². The summed E-state index contributed by atoms with van der Waals surface area (Å²) in [5.41, 5.74) is 4.22. The zero-order chi connectivity index (χ0) is 33.8.